The van der Waals surface area contributed by atoms with Gasteiger partial charge in [-0.3, -0.25) is 4.79 Å². The molecule has 2 aromatic heterocycles. The fraction of sp³-hybridized carbons (Fsp3) is 0.250. The molecule has 33 heavy (non-hydrogen) atoms. The molecule has 9 heteroatoms. The smallest absolute Gasteiger partial charge is 0.257 e. The van der Waals surface area contributed by atoms with Gasteiger partial charge in [-0.25, -0.2) is 9.97 Å². The number of carbonyl (C=O) groups excluding carboxylic acids is 1. The summed E-state index contributed by atoms with van der Waals surface area (Å²) in [6.07, 6.45) is 2.47. The van der Waals surface area contributed by atoms with Gasteiger partial charge in [-0.1, -0.05) is 35.9 Å². The van der Waals surface area contributed by atoms with Crippen molar-refractivity contribution in [3.8, 4) is 0 Å². The van der Waals surface area contributed by atoms with E-state index in [1.54, 1.807) is 18.3 Å². The first-order valence-corrected chi connectivity index (χ1v) is 11.1. The molecule has 0 aliphatic rings. The molecule has 1 amide bonds. The van der Waals surface area contributed by atoms with Crippen molar-refractivity contribution in [1.29, 1.82) is 0 Å². The maximum absolute atomic E-state index is 13.1. The number of para-hydroxylation sites is 2. The lowest BCUT2D eigenvalue weighted by atomic mass is 10.2. The Hall–Kier alpha value is -3.49. The average molecular weight is 465 g/mol. The van der Waals surface area contributed by atoms with Crippen LogP contribution < -0.4 is 11.1 Å². The van der Waals surface area contributed by atoms with E-state index in [0.29, 0.717) is 46.8 Å². The Kier molecular flexibility index (Phi) is 6.86. The van der Waals surface area contributed by atoms with E-state index in [1.165, 1.54) is 4.68 Å². The van der Waals surface area contributed by atoms with Crippen LogP contribution in [0.15, 0.2) is 53.6 Å². The largest absolute Gasteiger partial charge is 0.383 e. The van der Waals surface area contributed by atoms with E-state index in [4.69, 9.17) is 22.1 Å². The molecule has 0 aliphatic carbocycles. The van der Waals surface area contributed by atoms with Gasteiger partial charge < -0.3 is 15.8 Å². The molecule has 0 aliphatic heterocycles. The van der Waals surface area contributed by atoms with Crippen LogP contribution in [0.1, 0.15) is 36.2 Å². The average Bonchev–Trinajstić information content (AvgIpc) is 3.06. The molecule has 0 spiro atoms. The predicted molar refractivity (Wildman–Crippen MR) is 132 cm³/mol. The van der Waals surface area contributed by atoms with Gasteiger partial charge in [0.05, 0.1) is 23.4 Å². The van der Waals surface area contributed by atoms with Gasteiger partial charge >= 0.3 is 0 Å². The number of halogens is 1. The molecule has 0 saturated heterocycles. The second-order valence-electron chi connectivity index (χ2n) is 7.78. The van der Waals surface area contributed by atoms with Crippen LogP contribution >= 0.6 is 11.6 Å². The first-order valence-electron chi connectivity index (χ1n) is 10.7. The Labute approximate surface area is 196 Å². The standard InChI is InChI=1S/C24H25ClN6O2/c1-15(2)33-13-5-12-27-24(32)20-21-23(30-19-7-4-3-6-18(19)29-21)31(22(20)26)28-14-16-8-10-17(25)11-9-16/h3-4,6-11,14-15H,5,12-13,26H2,1-2H3,(H,27,32)/b28-14-. The quantitative estimate of drug-likeness (QED) is 0.299. The van der Waals surface area contributed by atoms with E-state index in [1.807, 2.05) is 50.2 Å². The van der Waals surface area contributed by atoms with E-state index in [0.717, 1.165) is 5.56 Å². The number of nitrogens with zero attached hydrogens (tertiary/aromatic N) is 4. The highest BCUT2D eigenvalue weighted by Crippen LogP contribution is 2.27. The van der Waals surface area contributed by atoms with E-state index >= 15 is 0 Å². The summed E-state index contributed by atoms with van der Waals surface area (Å²) in [5, 5.41) is 8.03. The summed E-state index contributed by atoms with van der Waals surface area (Å²) in [5.41, 5.74) is 9.64. The number of amides is 1. The molecule has 0 bridgehead atoms. The summed E-state index contributed by atoms with van der Waals surface area (Å²) in [6.45, 7) is 4.96. The normalized spacial score (nSPS) is 11.8. The van der Waals surface area contributed by atoms with Gasteiger partial charge in [0.1, 0.15) is 16.9 Å². The molecule has 170 valence electrons. The number of nitrogen functional groups attached to an aromatic ring is 1. The Morgan fingerprint density at radius 2 is 1.88 bits per heavy atom. The zero-order valence-electron chi connectivity index (χ0n) is 18.5. The molecular formula is C24H25ClN6O2. The molecule has 2 aromatic carbocycles. The summed E-state index contributed by atoms with van der Waals surface area (Å²) in [6, 6.07) is 14.7. The van der Waals surface area contributed by atoms with Crippen molar-refractivity contribution in [3.05, 3.63) is 64.7 Å². The molecule has 0 saturated carbocycles. The van der Waals surface area contributed by atoms with Crippen molar-refractivity contribution in [1.82, 2.24) is 20.0 Å². The molecule has 4 aromatic rings. The monoisotopic (exact) mass is 464 g/mol. The topological polar surface area (TPSA) is 107 Å². The molecule has 4 rings (SSSR count). The van der Waals surface area contributed by atoms with Crippen LogP contribution in [-0.2, 0) is 4.74 Å². The summed E-state index contributed by atoms with van der Waals surface area (Å²) >= 11 is 5.96. The second-order valence-corrected chi connectivity index (χ2v) is 8.22. The van der Waals surface area contributed by atoms with E-state index < -0.39 is 0 Å². The van der Waals surface area contributed by atoms with Gasteiger partial charge in [-0.2, -0.15) is 9.78 Å². The number of benzene rings is 2. The molecule has 0 atom stereocenters. The van der Waals surface area contributed by atoms with Gasteiger partial charge in [-0.05, 0) is 50.1 Å². The predicted octanol–water partition coefficient (Wildman–Crippen LogP) is 4.25. The number of hydrogen-bond donors (Lipinski definition) is 2. The fourth-order valence-electron chi connectivity index (χ4n) is 3.34. The number of fused-ring (bicyclic) bond motifs is 2. The van der Waals surface area contributed by atoms with Crippen LogP contribution in [-0.4, -0.2) is 46.0 Å². The summed E-state index contributed by atoms with van der Waals surface area (Å²) in [4.78, 5) is 22.4. The lowest BCUT2D eigenvalue weighted by molar-refractivity contribution is 0.0757. The van der Waals surface area contributed by atoms with Gasteiger partial charge in [0.25, 0.3) is 5.91 Å². The maximum Gasteiger partial charge on any atom is 0.257 e. The van der Waals surface area contributed by atoms with Crippen molar-refractivity contribution in [3.63, 3.8) is 0 Å². The third-order valence-corrected chi connectivity index (χ3v) is 5.20. The number of carbonyl (C=O) groups is 1. The van der Waals surface area contributed by atoms with Crippen molar-refractivity contribution < 1.29 is 9.53 Å². The number of rotatable bonds is 8. The summed E-state index contributed by atoms with van der Waals surface area (Å²) in [7, 11) is 0. The number of nitrogens with two attached hydrogens (primary N) is 1. The van der Waals surface area contributed by atoms with E-state index in [9.17, 15) is 4.79 Å². The summed E-state index contributed by atoms with van der Waals surface area (Å²) < 4.78 is 6.97. The van der Waals surface area contributed by atoms with Gasteiger partial charge in [0.2, 0.25) is 0 Å². The van der Waals surface area contributed by atoms with E-state index in [-0.39, 0.29) is 23.4 Å². The minimum Gasteiger partial charge on any atom is -0.383 e. The van der Waals surface area contributed by atoms with Crippen LogP contribution in [0.3, 0.4) is 0 Å². The second kappa shape index (κ2) is 9.97. The number of hydrogen-bond acceptors (Lipinski definition) is 6. The van der Waals surface area contributed by atoms with E-state index in [2.05, 4.69) is 20.4 Å². The number of nitrogens with one attached hydrogen (secondary N) is 1. The number of ether oxygens (including phenoxy) is 1. The SMILES string of the molecule is CC(C)OCCCNC(=O)c1c(N)n(/N=C\c2ccc(Cl)cc2)c2nc3ccccc3nc12. The fourth-order valence-corrected chi connectivity index (χ4v) is 3.47. The van der Waals surface area contributed by atoms with Crippen molar-refractivity contribution in [2.75, 3.05) is 18.9 Å². The van der Waals surface area contributed by atoms with Crippen LogP contribution in [0.25, 0.3) is 22.2 Å². The third kappa shape index (κ3) is 5.13. The first-order chi connectivity index (χ1) is 15.9. The molecule has 0 radical (unpaired) electrons. The molecule has 8 nitrogen and oxygen atoms in total. The molecule has 2 heterocycles. The molecule has 0 unspecified atom stereocenters. The van der Waals surface area contributed by atoms with Crippen LogP contribution in [0, 0.1) is 0 Å². The van der Waals surface area contributed by atoms with Crippen molar-refractivity contribution >= 4 is 51.7 Å². The molecule has 3 N–H and O–H groups in total. The maximum atomic E-state index is 13.1. The number of anilines is 1. The summed E-state index contributed by atoms with van der Waals surface area (Å²) in [5.74, 6) is -0.159. The Balaban J connectivity index is 1.71. The van der Waals surface area contributed by atoms with Crippen LogP contribution in [0.2, 0.25) is 5.02 Å². The Morgan fingerprint density at radius 1 is 1.18 bits per heavy atom. The Bertz CT molecular complexity index is 1310. The van der Waals surface area contributed by atoms with Crippen molar-refractivity contribution in [2.24, 2.45) is 5.10 Å². The van der Waals surface area contributed by atoms with Crippen molar-refractivity contribution in [2.45, 2.75) is 26.4 Å². The third-order valence-electron chi connectivity index (χ3n) is 4.95. The van der Waals surface area contributed by atoms with Gasteiger partial charge in [0.15, 0.2) is 5.65 Å². The first kappa shape index (κ1) is 22.7. The lowest BCUT2D eigenvalue weighted by Crippen LogP contribution is -2.26. The zero-order valence-corrected chi connectivity index (χ0v) is 19.2. The molecular weight excluding hydrogens is 440 g/mol. The van der Waals surface area contributed by atoms with Gasteiger partial charge in [-0.15, -0.1) is 0 Å². The minimum atomic E-state index is -0.327. The lowest BCUT2D eigenvalue weighted by Gasteiger charge is -2.08. The highest BCUT2D eigenvalue weighted by molar-refractivity contribution is 6.30. The Morgan fingerprint density at radius 3 is 2.58 bits per heavy atom. The van der Waals surface area contributed by atoms with Gasteiger partial charge in [0, 0.05) is 18.2 Å². The minimum absolute atomic E-state index is 0.149. The number of aromatic nitrogens is 3. The van der Waals surface area contributed by atoms with Crippen LogP contribution in [0.5, 0.6) is 0 Å². The highest BCUT2D eigenvalue weighted by Gasteiger charge is 2.23. The highest BCUT2D eigenvalue weighted by atomic mass is 35.5. The molecule has 0 fully saturated rings. The zero-order chi connectivity index (χ0) is 23.4. The van der Waals surface area contributed by atoms with Crippen LogP contribution in [0.4, 0.5) is 5.82 Å².